The SMILES string of the molecule is CCNc1ccc(S(=O)(=O)Nc2nc3c(s2)CCC3)cn1. The second kappa shape index (κ2) is 5.61. The smallest absolute Gasteiger partial charge is 0.265 e. The Morgan fingerprint density at radius 3 is 2.86 bits per heavy atom. The first-order valence-corrected chi connectivity index (χ1v) is 9.10. The van der Waals surface area contributed by atoms with Gasteiger partial charge < -0.3 is 5.32 Å². The molecule has 3 rings (SSSR count). The lowest BCUT2D eigenvalue weighted by Gasteiger charge is -2.06. The van der Waals surface area contributed by atoms with Gasteiger partial charge in [-0.25, -0.2) is 18.4 Å². The quantitative estimate of drug-likeness (QED) is 0.881. The van der Waals surface area contributed by atoms with Crippen molar-refractivity contribution in [2.75, 3.05) is 16.6 Å². The maximum atomic E-state index is 12.3. The van der Waals surface area contributed by atoms with Gasteiger partial charge >= 0.3 is 0 Å². The van der Waals surface area contributed by atoms with E-state index in [0.717, 1.165) is 31.5 Å². The van der Waals surface area contributed by atoms with E-state index in [2.05, 4.69) is 20.0 Å². The highest BCUT2D eigenvalue weighted by atomic mass is 32.2. The summed E-state index contributed by atoms with van der Waals surface area (Å²) in [7, 11) is -3.62. The number of fused-ring (bicyclic) bond motifs is 1. The van der Waals surface area contributed by atoms with Crippen LogP contribution in [0.4, 0.5) is 10.9 Å². The van der Waals surface area contributed by atoms with Gasteiger partial charge in [-0.3, -0.25) is 4.72 Å². The Kier molecular flexibility index (Phi) is 3.81. The summed E-state index contributed by atoms with van der Waals surface area (Å²) in [6.45, 7) is 2.69. The summed E-state index contributed by atoms with van der Waals surface area (Å²) < 4.78 is 27.1. The fourth-order valence-corrected chi connectivity index (χ4v) is 4.46. The summed E-state index contributed by atoms with van der Waals surface area (Å²) in [4.78, 5) is 9.75. The van der Waals surface area contributed by atoms with E-state index in [-0.39, 0.29) is 4.90 Å². The van der Waals surface area contributed by atoms with Crippen molar-refractivity contribution in [1.29, 1.82) is 0 Å². The summed E-state index contributed by atoms with van der Waals surface area (Å²) in [5.74, 6) is 0.657. The maximum absolute atomic E-state index is 12.3. The number of aromatic nitrogens is 2. The summed E-state index contributed by atoms with van der Waals surface area (Å²) in [6.07, 6.45) is 4.39. The highest BCUT2D eigenvalue weighted by Crippen LogP contribution is 2.31. The maximum Gasteiger partial charge on any atom is 0.265 e. The molecule has 8 heteroatoms. The molecule has 6 nitrogen and oxygen atoms in total. The third kappa shape index (κ3) is 3.01. The molecule has 21 heavy (non-hydrogen) atoms. The molecule has 0 amide bonds. The Bertz CT molecular complexity index is 717. The minimum Gasteiger partial charge on any atom is -0.370 e. The summed E-state index contributed by atoms with van der Waals surface area (Å²) >= 11 is 1.42. The van der Waals surface area contributed by atoms with Crippen molar-refractivity contribution in [2.24, 2.45) is 0 Å². The van der Waals surface area contributed by atoms with Crippen LogP contribution >= 0.6 is 11.3 Å². The van der Waals surface area contributed by atoms with Crippen LogP contribution in [0.15, 0.2) is 23.2 Å². The molecule has 0 atom stereocenters. The fraction of sp³-hybridized carbons (Fsp3) is 0.385. The summed E-state index contributed by atoms with van der Waals surface area (Å²) in [5, 5.41) is 3.47. The van der Waals surface area contributed by atoms with Crippen LogP contribution in [0.3, 0.4) is 0 Å². The lowest BCUT2D eigenvalue weighted by Crippen LogP contribution is -2.13. The molecule has 0 spiro atoms. The summed E-state index contributed by atoms with van der Waals surface area (Å²) in [5.41, 5.74) is 1.03. The van der Waals surface area contributed by atoms with E-state index in [1.165, 1.54) is 28.5 Å². The van der Waals surface area contributed by atoms with E-state index in [9.17, 15) is 8.42 Å². The third-order valence-electron chi connectivity index (χ3n) is 3.22. The number of aryl methyl sites for hydroxylation is 2. The number of nitrogens with one attached hydrogen (secondary N) is 2. The Balaban J connectivity index is 1.79. The van der Waals surface area contributed by atoms with Gasteiger partial charge in [-0.15, -0.1) is 11.3 Å². The van der Waals surface area contributed by atoms with E-state index in [1.54, 1.807) is 6.07 Å². The highest BCUT2D eigenvalue weighted by molar-refractivity contribution is 7.93. The predicted octanol–water partition coefficient (Wildman–Crippen LogP) is 2.26. The van der Waals surface area contributed by atoms with Gasteiger partial charge in [-0.2, -0.15) is 0 Å². The molecule has 112 valence electrons. The predicted molar refractivity (Wildman–Crippen MR) is 83.3 cm³/mol. The van der Waals surface area contributed by atoms with Crippen LogP contribution in [-0.2, 0) is 22.9 Å². The number of nitrogens with zero attached hydrogens (tertiary/aromatic N) is 2. The number of thiazole rings is 1. The molecule has 0 saturated heterocycles. The van der Waals surface area contributed by atoms with Crippen LogP contribution in [0.1, 0.15) is 23.9 Å². The molecule has 0 bridgehead atoms. The van der Waals surface area contributed by atoms with E-state index < -0.39 is 10.0 Å². The van der Waals surface area contributed by atoms with Gasteiger partial charge in [-0.05, 0) is 38.3 Å². The average Bonchev–Trinajstić information content (AvgIpc) is 3.00. The zero-order valence-electron chi connectivity index (χ0n) is 11.6. The summed E-state index contributed by atoms with van der Waals surface area (Å²) in [6, 6.07) is 3.19. The molecule has 0 unspecified atom stereocenters. The number of anilines is 2. The van der Waals surface area contributed by atoms with E-state index in [4.69, 9.17) is 0 Å². The molecule has 0 saturated carbocycles. The van der Waals surface area contributed by atoms with Crippen molar-refractivity contribution >= 4 is 32.3 Å². The number of sulfonamides is 1. The average molecular weight is 324 g/mol. The highest BCUT2D eigenvalue weighted by Gasteiger charge is 2.21. The monoisotopic (exact) mass is 324 g/mol. The van der Waals surface area contributed by atoms with Crippen molar-refractivity contribution in [3.63, 3.8) is 0 Å². The largest absolute Gasteiger partial charge is 0.370 e. The van der Waals surface area contributed by atoms with Gasteiger partial charge in [0.2, 0.25) is 0 Å². The standard InChI is InChI=1S/C13H16N4O2S2/c1-2-14-12-7-6-9(8-15-12)21(18,19)17-13-16-10-4-3-5-11(10)20-13/h6-8H,2-5H2,1H3,(H,14,15)(H,16,17). The van der Waals surface area contributed by atoms with Crippen molar-refractivity contribution < 1.29 is 8.42 Å². The Morgan fingerprint density at radius 1 is 1.33 bits per heavy atom. The first-order chi connectivity index (χ1) is 10.1. The molecule has 0 aromatic carbocycles. The van der Waals surface area contributed by atoms with Crippen molar-refractivity contribution in [3.8, 4) is 0 Å². The van der Waals surface area contributed by atoms with Gasteiger partial charge in [0.1, 0.15) is 10.7 Å². The van der Waals surface area contributed by atoms with Crippen molar-refractivity contribution in [1.82, 2.24) is 9.97 Å². The molecule has 2 heterocycles. The third-order valence-corrected chi connectivity index (χ3v) is 5.75. The molecule has 2 aromatic rings. The molecule has 2 aromatic heterocycles. The normalized spacial score (nSPS) is 14.0. The number of pyridine rings is 1. The lowest BCUT2D eigenvalue weighted by molar-refractivity contribution is 0.601. The molecule has 0 aliphatic heterocycles. The van der Waals surface area contributed by atoms with Gasteiger partial charge in [0.15, 0.2) is 5.13 Å². The molecule has 0 fully saturated rings. The lowest BCUT2D eigenvalue weighted by atomic mass is 10.4. The number of hydrogen-bond donors (Lipinski definition) is 2. The van der Waals surface area contributed by atoms with Crippen LogP contribution in [0.25, 0.3) is 0 Å². The van der Waals surface area contributed by atoms with E-state index >= 15 is 0 Å². The van der Waals surface area contributed by atoms with Gasteiger partial charge in [0.05, 0.1) is 5.69 Å². The first kappa shape index (κ1) is 14.3. The zero-order valence-corrected chi connectivity index (χ0v) is 13.2. The second-order valence-corrected chi connectivity index (χ2v) is 7.52. The second-order valence-electron chi connectivity index (χ2n) is 4.76. The molecular formula is C13H16N4O2S2. The van der Waals surface area contributed by atoms with E-state index in [0.29, 0.717) is 10.9 Å². The van der Waals surface area contributed by atoms with Gasteiger partial charge in [0.25, 0.3) is 10.0 Å². The topological polar surface area (TPSA) is 84.0 Å². The van der Waals surface area contributed by atoms with Crippen molar-refractivity contribution in [3.05, 3.63) is 28.9 Å². The zero-order chi connectivity index (χ0) is 14.9. The van der Waals surface area contributed by atoms with Crippen LogP contribution in [0.5, 0.6) is 0 Å². The van der Waals surface area contributed by atoms with Gasteiger partial charge in [-0.1, -0.05) is 0 Å². The Morgan fingerprint density at radius 2 is 2.19 bits per heavy atom. The van der Waals surface area contributed by atoms with Crippen molar-refractivity contribution in [2.45, 2.75) is 31.1 Å². The van der Waals surface area contributed by atoms with Crippen LogP contribution in [0.2, 0.25) is 0 Å². The van der Waals surface area contributed by atoms with Crippen LogP contribution in [0, 0.1) is 0 Å². The van der Waals surface area contributed by atoms with E-state index in [1.807, 2.05) is 6.92 Å². The van der Waals surface area contributed by atoms with Crippen LogP contribution < -0.4 is 10.0 Å². The molecule has 0 radical (unpaired) electrons. The molecular weight excluding hydrogens is 308 g/mol. The number of rotatable bonds is 5. The first-order valence-electron chi connectivity index (χ1n) is 6.80. The minimum absolute atomic E-state index is 0.138. The molecule has 1 aliphatic rings. The number of hydrogen-bond acceptors (Lipinski definition) is 6. The molecule has 1 aliphatic carbocycles. The Hall–Kier alpha value is -1.67. The minimum atomic E-state index is -3.62. The van der Waals surface area contributed by atoms with Gasteiger partial charge in [0, 0.05) is 17.6 Å². The molecule has 2 N–H and O–H groups in total. The van der Waals surface area contributed by atoms with Crippen LogP contribution in [-0.4, -0.2) is 24.9 Å². The fourth-order valence-electron chi connectivity index (χ4n) is 2.23. The Labute approximate surface area is 127 Å².